The predicted molar refractivity (Wildman–Crippen MR) is 64.8 cm³/mol. The van der Waals surface area contributed by atoms with E-state index in [2.05, 4.69) is 5.32 Å². The molecule has 0 atom stereocenters. The summed E-state index contributed by atoms with van der Waals surface area (Å²) < 4.78 is 38.7. The summed E-state index contributed by atoms with van der Waals surface area (Å²) in [6.07, 6.45) is 0. The van der Waals surface area contributed by atoms with Crippen molar-refractivity contribution in [2.24, 2.45) is 0 Å². The van der Waals surface area contributed by atoms with Gasteiger partial charge in [-0.25, -0.2) is 13.2 Å². The Kier molecular flexibility index (Phi) is 3.55. The van der Waals surface area contributed by atoms with Gasteiger partial charge in [0.25, 0.3) is 0 Å². The molecule has 0 aliphatic heterocycles. The lowest BCUT2D eigenvalue weighted by molar-refractivity contribution is 0.447. The Labute approximate surface area is 103 Å². The van der Waals surface area contributed by atoms with E-state index in [9.17, 15) is 13.2 Å². The maximum Gasteiger partial charge on any atom is 0.194 e. The fourth-order valence-corrected chi connectivity index (χ4v) is 1.68. The van der Waals surface area contributed by atoms with Crippen LogP contribution in [0.4, 0.5) is 18.9 Å². The van der Waals surface area contributed by atoms with Crippen LogP contribution in [0.5, 0.6) is 0 Å². The summed E-state index contributed by atoms with van der Waals surface area (Å²) in [5.74, 6) is -3.83. The first-order valence-electron chi connectivity index (χ1n) is 5.50. The SMILES string of the molecule is Cc1cccc(CNc2cc(F)c(F)c(F)c2)c1. The summed E-state index contributed by atoms with van der Waals surface area (Å²) in [5, 5.41) is 2.85. The molecule has 2 rings (SSSR count). The second-order valence-corrected chi connectivity index (χ2v) is 4.10. The lowest BCUT2D eigenvalue weighted by atomic mass is 10.1. The fraction of sp³-hybridized carbons (Fsp3) is 0.143. The van der Waals surface area contributed by atoms with Gasteiger partial charge in [-0.05, 0) is 12.5 Å². The van der Waals surface area contributed by atoms with Crippen LogP contribution in [-0.2, 0) is 6.54 Å². The van der Waals surface area contributed by atoms with Gasteiger partial charge in [-0.2, -0.15) is 0 Å². The third-order valence-corrected chi connectivity index (χ3v) is 2.56. The minimum Gasteiger partial charge on any atom is -0.381 e. The Balaban J connectivity index is 2.11. The highest BCUT2D eigenvalue weighted by Crippen LogP contribution is 2.18. The number of hydrogen-bond acceptors (Lipinski definition) is 1. The average molecular weight is 251 g/mol. The molecule has 1 nitrogen and oxygen atoms in total. The van der Waals surface area contributed by atoms with Crippen LogP contribution < -0.4 is 5.32 Å². The smallest absolute Gasteiger partial charge is 0.194 e. The maximum atomic E-state index is 13.0. The average Bonchev–Trinajstić information content (AvgIpc) is 2.33. The van der Waals surface area contributed by atoms with Gasteiger partial charge in [-0.1, -0.05) is 29.8 Å². The van der Waals surface area contributed by atoms with Gasteiger partial charge in [0, 0.05) is 24.4 Å². The van der Waals surface area contributed by atoms with Gasteiger partial charge in [0.2, 0.25) is 0 Å². The molecule has 0 aliphatic carbocycles. The van der Waals surface area contributed by atoms with Crippen LogP contribution in [0.3, 0.4) is 0 Å². The third-order valence-electron chi connectivity index (χ3n) is 2.56. The number of aryl methyl sites for hydroxylation is 1. The van der Waals surface area contributed by atoms with Gasteiger partial charge in [0.15, 0.2) is 17.5 Å². The molecule has 18 heavy (non-hydrogen) atoms. The number of nitrogens with one attached hydrogen (secondary N) is 1. The van der Waals surface area contributed by atoms with Crippen molar-refractivity contribution in [1.29, 1.82) is 0 Å². The molecule has 0 saturated heterocycles. The quantitative estimate of drug-likeness (QED) is 0.812. The number of rotatable bonds is 3. The van der Waals surface area contributed by atoms with Crippen molar-refractivity contribution in [3.63, 3.8) is 0 Å². The molecular weight excluding hydrogens is 239 g/mol. The Hall–Kier alpha value is -1.97. The summed E-state index contributed by atoms with van der Waals surface area (Å²) in [6, 6.07) is 9.60. The number of halogens is 3. The molecular formula is C14H12F3N. The van der Waals surface area contributed by atoms with E-state index >= 15 is 0 Å². The van der Waals surface area contributed by atoms with Crippen LogP contribution in [0.25, 0.3) is 0 Å². The van der Waals surface area contributed by atoms with Crippen LogP contribution in [0.15, 0.2) is 36.4 Å². The standard InChI is InChI=1S/C14H12F3N/c1-9-3-2-4-10(5-9)8-18-11-6-12(15)14(17)13(16)7-11/h2-7,18H,8H2,1H3. The first-order valence-corrected chi connectivity index (χ1v) is 5.50. The van der Waals surface area contributed by atoms with E-state index in [1.165, 1.54) is 0 Å². The van der Waals surface area contributed by atoms with Gasteiger partial charge in [-0.15, -0.1) is 0 Å². The van der Waals surface area contributed by atoms with E-state index in [1.54, 1.807) is 0 Å². The number of hydrogen-bond donors (Lipinski definition) is 1. The Morgan fingerprint density at radius 1 is 1.00 bits per heavy atom. The Morgan fingerprint density at radius 3 is 2.28 bits per heavy atom. The monoisotopic (exact) mass is 251 g/mol. The summed E-state index contributed by atoms with van der Waals surface area (Å²) in [5.41, 5.74) is 2.30. The summed E-state index contributed by atoms with van der Waals surface area (Å²) >= 11 is 0. The molecule has 2 aromatic rings. The number of anilines is 1. The lowest BCUT2D eigenvalue weighted by Gasteiger charge is -2.08. The highest BCUT2D eigenvalue weighted by atomic mass is 19.2. The van der Waals surface area contributed by atoms with Crippen molar-refractivity contribution in [2.45, 2.75) is 13.5 Å². The molecule has 0 amide bonds. The minimum atomic E-state index is -1.45. The molecule has 0 bridgehead atoms. The zero-order valence-corrected chi connectivity index (χ0v) is 9.81. The largest absolute Gasteiger partial charge is 0.381 e. The van der Waals surface area contributed by atoms with Gasteiger partial charge >= 0.3 is 0 Å². The van der Waals surface area contributed by atoms with Gasteiger partial charge in [0.1, 0.15) is 0 Å². The molecule has 0 fully saturated rings. The molecule has 0 radical (unpaired) electrons. The predicted octanol–water partition coefficient (Wildman–Crippen LogP) is 4.02. The maximum absolute atomic E-state index is 13.0. The summed E-state index contributed by atoms with van der Waals surface area (Å²) in [4.78, 5) is 0. The van der Waals surface area contributed by atoms with Crippen LogP contribution in [-0.4, -0.2) is 0 Å². The molecule has 0 unspecified atom stereocenters. The van der Waals surface area contributed by atoms with E-state index in [0.29, 0.717) is 6.54 Å². The molecule has 0 spiro atoms. The lowest BCUT2D eigenvalue weighted by Crippen LogP contribution is -2.02. The Bertz CT molecular complexity index is 544. The molecule has 0 heterocycles. The first kappa shape index (κ1) is 12.5. The second kappa shape index (κ2) is 5.12. The van der Waals surface area contributed by atoms with Crippen molar-refractivity contribution >= 4 is 5.69 Å². The highest BCUT2D eigenvalue weighted by molar-refractivity contribution is 5.44. The normalized spacial score (nSPS) is 10.4. The van der Waals surface area contributed by atoms with Crippen molar-refractivity contribution < 1.29 is 13.2 Å². The third kappa shape index (κ3) is 2.83. The molecule has 0 aliphatic rings. The zero-order chi connectivity index (χ0) is 13.1. The Morgan fingerprint density at radius 2 is 1.67 bits per heavy atom. The van der Waals surface area contributed by atoms with Gasteiger partial charge in [-0.3, -0.25) is 0 Å². The second-order valence-electron chi connectivity index (χ2n) is 4.10. The number of benzene rings is 2. The van der Waals surface area contributed by atoms with E-state index in [-0.39, 0.29) is 5.69 Å². The van der Waals surface area contributed by atoms with Crippen molar-refractivity contribution in [1.82, 2.24) is 0 Å². The molecule has 4 heteroatoms. The fourth-order valence-electron chi connectivity index (χ4n) is 1.68. The summed E-state index contributed by atoms with van der Waals surface area (Å²) in [7, 11) is 0. The van der Waals surface area contributed by atoms with Crippen molar-refractivity contribution in [3.05, 3.63) is 65.0 Å². The first-order chi connectivity index (χ1) is 8.56. The highest BCUT2D eigenvalue weighted by Gasteiger charge is 2.10. The van der Waals surface area contributed by atoms with Crippen LogP contribution in [0.2, 0.25) is 0 Å². The van der Waals surface area contributed by atoms with E-state index in [4.69, 9.17) is 0 Å². The topological polar surface area (TPSA) is 12.0 Å². The van der Waals surface area contributed by atoms with E-state index in [0.717, 1.165) is 23.3 Å². The molecule has 94 valence electrons. The molecule has 0 aromatic heterocycles. The molecule has 2 aromatic carbocycles. The van der Waals surface area contributed by atoms with Gasteiger partial charge in [0.05, 0.1) is 0 Å². The summed E-state index contributed by atoms with van der Waals surface area (Å²) in [6.45, 7) is 2.38. The van der Waals surface area contributed by atoms with E-state index in [1.807, 2.05) is 31.2 Å². The van der Waals surface area contributed by atoms with Crippen molar-refractivity contribution in [2.75, 3.05) is 5.32 Å². The van der Waals surface area contributed by atoms with Crippen LogP contribution >= 0.6 is 0 Å². The van der Waals surface area contributed by atoms with Crippen LogP contribution in [0, 0.1) is 24.4 Å². The van der Waals surface area contributed by atoms with Gasteiger partial charge < -0.3 is 5.32 Å². The zero-order valence-electron chi connectivity index (χ0n) is 9.81. The van der Waals surface area contributed by atoms with Crippen LogP contribution in [0.1, 0.15) is 11.1 Å². The molecule has 0 saturated carbocycles. The molecule has 1 N–H and O–H groups in total. The van der Waals surface area contributed by atoms with Crippen molar-refractivity contribution in [3.8, 4) is 0 Å². The van der Waals surface area contributed by atoms with E-state index < -0.39 is 17.5 Å². The minimum absolute atomic E-state index is 0.216.